The highest BCUT2D eigenvalue weighted by Gasteiger charge is 2.30. The maximum absolute atomic E-state index is 13.0. The Morgan fingerprint density at radius 2 is 1.68 bits per heavy atom. The highest BCUT2D eigenvalue weighted by atomic mass is 35.5. The Balaban J connectivity index is 1.44. The monoisotopic (exact) mass is 475 g/mol. The molecule has 0 radical (unpaired) electrons. The Kier molecular flexibility index (Phi) is 6.40. The SMILES string of the molecule is Cc1cc(C)c(Cc2csc(N3CCN(S(=O)(=O)c4ccccc4Cl)CC3)n2)c(C)c1. The molecule has 2 heterocycles. The van der Waals surface area contributed by atoms with Gasteiger partial charge in [-0.2, -0.15) is 4.31 Å². The van der Waals surface area contributed by atoms with Crippen LogP contribution in [0.5, 0.6) is 0 Å². The van der Waals surface area contributed by atoms with Crippen LogP contribution in [-0.2, 0) is 16.4 Å². The maximum atomic E-state index is 13.0. The van der Waals surface area contributed by atoms with E-state index >= 15 is 0 Å². The summed E-state index contributed by atoms with van der Waals surface area (Å²) in [5.41, 5.74) is 6.26. The molecule has 0 spiro atoms. The Morgan fingerprint density at radius 3 is 2.32 bits per heavy atom. The van der Waals surface area contributed by atoms with Gasteiger partial charge in [0.25, 0.3) is 0 Å². The molecule has 0 atom stereocenters. The molecule has 31 heavy (non-hydrogen) atoms. The van der Waals surface area contributed by atoms with Crippen molar-refractivity contribution in [1.29, 1.82) is 0 Å². The van der Waals surface area contributed by atoms with Crippen LogP contribution in [0.1, 0.15) is 27.9 Å². The number of rotatable bonds is 5. The lowest BCUT2D eigenvalue weighted by atomic mass is 9.96. The third-order valence-corrected chi connectivity index (χ3v) is 9.05. The van der Waals surface area contributed by atoms with Gasteiger partial charge in [0, 0.05) is 38.0 Å². The minimum atomic E-state index is -3.59. The van der Waals surface area contributed by atoms with Crippen LogP contribution in [0.15, 0.2) is 46.7 Å². The van der Waals surface area contributed by atoms with Crippen LogP contribution >= 0.6 is 22.9 Å². The fourth-order valence-electron chi connectivity index (χ4n) is 4.11. The molecule has 0 unspecified atom stereocenters. The average molecular weight is 476 g/mol. The molecule has 164 valence electrons. The number of aromatic nitrogens is 1. The Morgan fingerprint density at radius 1 is 1.03 bits per heavy atom. The van der Waals surface area contributed by atoms with Crippen molar-refractivity contribution in [2.24, 2.45) is 0 Å². The number of hydrogen-bond acceptors (Lipinski definition) is 5. The number of anilines is 1. The first-order valence-corrected chi connectivity index (χ1v) is 13.0. The molecule has 0 aliphatic carbocycles. The second-order valence-electron chi connectivity index (χ2n) is 8.00. The zero-order valence-electron chi connectivity index (χ0n) is 17.9. The topological polar surface area (TPSA) is 53.5 Å². The number of piperazine rings is 1. The second kappa shape index (κ2) is 8.90. The fraction of sp³-hybridized carbons (Fsp3) is 0.348. The summed E-state index contributed by atoms with van der Waals surface area (Å²) in [6.07, 6.45) is 0.815. The van der Waals surface area contributed by atoms with Crippen LogP contribution in [0.25, 0.3) is 0 Å². The number of nitrogens with zero attached hydrogens (tertiary/aromatic N) is 3. The van der Waals surface area contributed by atoms with E-state index in [9.17, 15) is 8.42 Å². The molecule has 1 aliphatic heterocycles. The van der Waals surface area contributed by atoms with Gasteiger partial charge in [0.05, 0.1) is 10.7 Å². The lowest BCUT2D eigenvalue weighted by Crippen LogP contribution is -2.48. The van der Waals surface area contributed by atoms with Crippen molar-refractivity contribution in [1.82, 2.24) is 9.29 Å². The molecule has 3 aromatic rings. The van der Waals surface area contributed by atoms with Crippen molar-refractivity contribution in [3.63, 3.8) is 0 Å². The molecule has 1 fully saturated rings. The van der Waals surface area contributed by atoms with Gasteiger partial charge in [0.2, 0.25) is 10.0 Å². The number of halogens is 1. The van der Waals surface area contributed by atoms with Crippen LogP contribution in [0, 0.1) is 20.8 Å². The zero-order valence-corrected chi connectivity index (χ0v) is 20.3. The van der Waals surface area contributed by atoms with Gasteiger partial charge >= 0.3 is 0 Å². The van der Waals surface area contributed by atoms with Crippen molar-refractivity contribution in [3.05, 3.63) is 74.7 Å². The molecule has 4 rings (SSSR count). The Hall–Kier alpha value is -1.93. The van der Waals surface area contributed by atoms with Gasteiger partial charge < -0.3 is 4.90 Å². The highest BCUT2D eigenvalue weighted by Crippen LogP contribution is 2.28. The Bertz CT molecular complexity index is 1180. The maximum Gasteiger partial charge on any atom is 0.244 e. The fourth-order valence-corrected chi connectivity index (χ4v) is 6.90. The highest BCUT2D eigenvalue weighted by molar-refractivity contribution is 7.89. The van der Waals surface area contributed by atoms with E-state index in [0.717, 1.165) is 17.2 Å². The summed E-state index contributed by atoms with van der Waals surface area (Å²) in [5.74, 6) is 0. The third kappa shape index (κ3) is 4.65. The van der Waals surface area contributed by atoms with Crippen molar-refractivity contribution in [2.45, 2.75) is 32.1 Å². The van der Waals surface area contributed by atoms with Crippen LogP contribution in [0.3, 0.4) is 0 Å². The van der Waals surface area contributed by atoms with E-state index in [1.807, 2.05) is 0 Å². The van der Waals surface area contributed by atoms with Gasteiger partial charge in [0.15, 0.2) is 5.13 Å². The molecule has 0 saturated carbocycles. The van der Waals surface area contributed by atoms with E-state index < -0.39 is 10.0 Å². The third-order valence-electron chi connectivity index (χ3n) is 5.70. The molecule has 0 amide bonds. The molecule has 0 N–H and O–H groups in total. The summed E-state index contributed by atoms with van der Waals surface area (Å²) in [6.45, 7) is 8.48. The van der Waals surface area contributed by atoms with E-state index in [4.69, 9.17) is 16.6 Å². The van der Waals surface area contributed by atoms with E-state index in [1.54, 1.807) is 35.6 Å². The largest absolute Gasteiger partial charge is 0.345 e. The summed E-state index contributed by atoms with van der Waals surface area (Å²) in [6, 6.07) is 11.0. The zero-order chi connectivity index (χ0) is 22.2. The summed E-state index contributed by atoms with van der Waals surface area (Å²) in [5, 5.41) is 3.32. The van der Waals surface area contributed by atoms with E-state index in [2.05, 4.69) is 43.2 Å². The molecule has 0 bridgehead atoms. The normalized spacial score (nSPS) is 15.4. The van der Waals surface area contributed by atoms with Gasteiger partial charge in [-0.1, -0.05) is 41.4 Å². The molecular weight excluding hydrogens is 450 g/mol. The van der Waals surface area contributed by atoms with Gasteiger partial charge in [-0.15, -0.1) is 11.3 Å². The molecule has 1 aliphatic rings. The first-order chi connectivity index (χ1) is 14.8. The minimum Gasteiger partial charge on any atom is -0.345 e. The molecule has 1 saturated heterocycles. The number of sulfonamides is 1. The Labute approximate surface area is 193 Å². The predicted octanol–water partition coefficient (Wildman–Crippen LogP) is 4.82. The van der Waals surface area contributed by atoms with E-state index in [0.29, 0.717) is 26.2 Å². The summed E-state index contributed by atoms with van der Waals surface area (Å²) in [4.78, 5) is 7.19. The smallest absolute Gasteiger partial charge is 0.244 e. The van der Waals surface area contributed by atoms with Crippen molar-refractivity contribution in [3.8, 4) is 0 Å². The lowest BCUT2D eigenvalue weighted by Gasteiger charge is -2.33. The second-order valence-corrected chi connectivity index (χ2v) is 11.1. The van der Waals surface area contributed by atoms with Crippen molar-refractivity contribution >= 4 is 38.1 Å². The summed E-state index contributed by atoms with van der Waals surface area (Å²) in [7, 11) is -3.59. The van der Waals surface area contributed by atoms with Crippen LogP contribution in [0.2, 0.25) is 5.02 Å². The van der Waals surface area contributed by atoms with Crippen molar-refractivity contribution in [2.75, 3.05) is 31.1 Å². The first-order valence-electron chi connectivity index (χ1n) is 10.3. The molecule has 5 nitrogen and oxygen atoms in total. The number of aryl methyl sites for hydroxylation is 3. The standard InChI is InChI=1S/C23H26ClN3O2S2/c1-16-12-17(2)20(18(3)13-16)14-19-15-30-23(25-19)26-8-10-27(11-9-26)31(28,29)22-7-5-4-6-21(22)24/h4-7,12-13,15H,8-11,14H2,1-3H3. The summed E-state index contributed by atoms with van der Waals surface area (Å²) >= 11 is 7.75. The molecule has 1 aromatic heterocycles. The lowest BCUT2D eigenvalue weighted by molar-refractivity contribution is 0.384. The van der Waals surface area contributed by atoms with Crippen molar-refractivity contribution < 1.29 is 8.42 Å². The van der Waals surface area contributed by atoms with Gasteiger partial charge in [0.1, 0.15) is 4.90 Å². The van der Waals surface area contributed by atoms with Crippen LogP contribution in [-0.4, -0.2) is 43.9 Å². The number of benzene rings is 2. The van der Waals surface area contributed by atoms with Crippen LogP contribution in [0.4, 0.5) is 5.13 Å². The average Bonchev–Trinajstić information content (AvgIpc) is 3.20. The van der Waals surface area contributed by atoms with Gasteiger partial charge in [-0.05, 0) is 49.6 Å². The summed E-state index contributed by atoms with van der Waals surface area (Å²) < 4.78 is 27.4. The number of thiazole rings is 1. The minimum absolute atomic E-state index is 0.172. The number of hydrogen-bond donors (Lipinski definition) is 0. The van der Waals surface area contributed by atoms with E-state index in [-0.39, 0.29) is 9.92 Å². The van der Waals surface area contributed by atoms with Crippen LogP contribution < -0.4 is 4.90 Å². The quantitative estimate of drug-likeness (QED) is 0.530. The van der Waals surface area contributed by atoms with Gasteiger partial charge in [-0.3, -0.25) is 0 Å². The molecular formula is C23H26ClN3O2S2. The predicted molar refractivity (Wildman–Crippen MR) is 128 cm³/mol. The first kappa shape index (κ1) is 22.3. The van der Waals surface area contributed by atoms with E-state index in [1.165, 1.54) is 26.6 Å². The molecule has 8 heteroatoms. The van der Waals surface area contributed by atoms with Gasteiger partial charge in [-0.25, -0.2) is 13.4 Å². The molecule has 2 aromatic carbocycles.